The highest BCUT2D eigenvalue weighted by molar-refractivity contribution is 8.02. The van der Waals surface area contributed by atoms with Crippen LogP contribution < -0.4 is 0 Å². The summed E-state index contributed by atoms with van der Waals surface area (Å²) >= 11 is 3.63. The van der Waals surface area contributed by atoms with Gasteiger partial charge < -0.3 is 0 Å². The van der Waals surface area contributed by atoms with E-state index in [0.29, 0.717) is 12.8 Å². The lowest BCUT2D eigenvalue weighted by atomic mass is 10.4. The smallest absolute Gasteiger partial charge is 0.130 e. The molecule has 0 fully saturated rings. The van der Waals surface area contributed by atoms with Gasteiger partial charge in [-0.25, -0.2) is 0 Å². The van der Waals surface area contributed by atoms with E-state index in [4.69, 9.17) is 0 Å². The average Bonchev–Trinajstić information content (AvgIpc) is 2.08. The van der Waals surface area contributed by atoms with Crippen molar-refractivity contribution in [1.29, 1.82) is 0 Å². The van der Waals surface area contributed by atoms with Crippen LogP contribution in [-0.2, 0) is 9.59 Å². The number of carbonyl (C=O) groups excluding carboxylic acids is 2. The normalized spacial score (nSPS) is 10.1. The lowest BCUT2D eigenvalue weighted by Crippen LogP contribution is -1.96. The largest absolute Gasteiger partial charge is 0.300 e. The molecule has 0 heterocycles. The summed E-state index contributed by atoms with van der Waals surface area (Å²) in [5, 5.41) is 0. The van der Waals surface area contributed by atoms with Crippen molar-refractivity contribution in [1.82, 2.24) is 0 Å². The second-order valence-electron chi connectivity index (χ2n) is 3.13. The van der Waals surface area contributed by atoms with Gasteiger partial charge in [-0.3, -0.25) is 9.59 Å². The number of thioether (sulfide) groups is 2. The standard InChI is InChI=1S/C10H18O2S2/c1-9(11)3-5-13-7-8-14-6-4-10(2)12/h3-8H2,1-2H3. The number of hydrogen-bond acceptors (Lipinski definition) is 4. The van der Waals surface area contributed by atoms with Crippen LogP contribution in [-0.4, -0.2) is 34.6 Å². The van der Waals surface area contributed by atoms with E-state index < -0.39 is 0 Å². The van der Waals surface area contributed by atoms with Crippen molar-refractivity contribution in [3.05, 3.63) is 0 Å². The summed E-state index contributed by atoms with van der Waals surface area (Å²) in [4.78, 5) is 21.2. The summed E-state index contributed by atoms with van der Waals surface area (Å²) in [7, 11) is 0. The van der Waals surface area contributed by atoms with E-state index in [-0.39, 0.29) is 11.6 Å². The Labute approximate surface area is 94.6 Å². The van der Waals surface area contributed by atoms with Crippen LogP contribution in [0.1, 0.15) is 26.7 Å². The highest BCUT2D eigenvalue weighted by Crippen LogP contribution is 2.09. The summed E-state index contributed by atoms with van der Waals surface area (Å²) in [5.41, 5.74) is 0. The first-order chi connectivity index (χ1) is 6.63. The summed E-state index contributed by atoms with van der Waals surface area (Å²) in [5.74, 6) is 4.56. The van der Waals surface area contributed by atoms with E-state index in [2.05, 4.69) is 0 Å². The van der Waals surface area contributed by atoms with Gasteiger partial charge >= 0.3 is 0 Å². The quantitative estimate of drug-likeness (QED) is 0.574. The molecule has 0 radical (unpaired) electrons. The van der Waals surface area contributed by atoms with Crippen LogP contribution >= 0.6 is 23.5 Å². The molecule has 0 aromatic heterocycles. The van der Waals surface area contributed by atoms with E-state index in [1.807, 2.05) is 23.5 Å². The van der Waals surface area contributed by atoms with Gasteiger partial charge in [0.1, 0.15) is 11.6 Å². The first kappa shape index (κ1) is 14.0. The number of rotatable bonds is 9. The molecule has 82 valence electrons. The number of hydrogen-bond donors (Lipinski definition) is 0. The van der Waals surface area contributed by atoms with Gasteiger partial charge in [0, 0.05) is 35.9 Å². The average molecular weight is 234 g/mol. The Hall–Kier alpha value is 0.0400. The fraction of sp³-hybridized carbons (Fsp3) is 0.800. The molecule has 0 aliphatic carbocycles. The van der Waals surface area contributed by atoms with Gasteiger partial charge in [-0.15, -0.1) is 0 Å². The maximum atomic E-state index is 10.6. The minimum absolute atomic E-state index is 0.265. The zero-order chi connectivity index (χ0) is 10.8. The molecular weight excluding hydrogens is 216 g/mol. The van der Waals surface area contributed by atoms with Crippen LogP contribution in [0.15, 0.2) is 0 Å². The molecule has 0 amide bonds. The topological polar surface area (TPSA) is 34.1 Å². The van der Waals surface area contributed by atoms with Crippen molar-refractivity contribution in [3.63, 3.8) is 0 Å². The highest BCUT2D eigenvalue weighted by atomic mass is 32.2. The van der Waals surface area contributed by atoms with Gasteiger partial charge in [-0.1, -0.05) is 0 Å². The summed E-state index contributed by atoms with van der Waals surface area (Å²) in [6.07, 6.45) is 1.37. The summed E-state index contributed by atoms with van der Waals surface area (Å²) in [6.45, 7) is 3.25. The molecule has 0 unspecified atom stereocenters. The van der Waals surface area contributed by atoms with Crippen molar-refractivity contribution in [2.45, 2.75) is 26.7 Å². The molecule has 0 aliphatic rings. The molecule has 0 rings (SSSR count). The van der Waals surface area contributed by atoms with Gasteiger partial charge in [-0.05, 0) is 13.8 Å². The van der Waals surface area contributed by atoms with Crippen LogP contribution in [0.5, 0.6) is 0 Å². The van der Waals surface area contributed by atoms with Gasteiger partial charge in [0.2, 0.25) is 0 Å². The van der Waals surface area contributed by atoms with Crippen LogP contribution in [0.25, 0.3) is 0 Å². The van der Waals surface area contributed by atoms with E-state index in [9.17, 15) is 9.59 Å². The molecular formula is C10H18O2S2. The number of ketones is 2. The third-order valence-corrected chi connectivity index (χ3v) is 3.80. The maximum absolute atomic E-state index is 10.6. The SMILES string of the molecule is CC(=O)CCSCCSCCC(C)=O. The van der Waals surface area contributed by atoms with Crippen molar-refractivity contribution in [2.75, 3.05) is 23.0 Å². The second-order valence-corrected chi connectivity index (χ2v) is 5.58. The predicted octanol–water partition coefficient (Wildman–Crippen LogP) is 2.41. The van der Waals surface area contributed by atoms with Crippen LogP contribution in [0.2, 0.25) is 0 Å². The maximum Gasteiger partial charge on any atom is 0.130 e. The molecule has 4 heteroatoms. The van der Waals surface area contributed by atoms with Gasteiger partial charge in [0.05, 0.1) is 0 Å². The summed E-state index contributed by atoms with van der Waals surface area (Å²) < 4.78 is 0. The minimum Gasteiger partial charge on any atom is -0.300 e. The Bertz CT molecular complexity index is 161. The van der Waals surface area contributed by atoms with Crippen LogP contribution in [0.4, 0.5) is 0 Å². The fourth-order valence-electron chi connectivity index (χ4n) is 0.754. The van der Waals surface area contributed by atoms with Crippen molar-refractivity contribution < 1.29 is 9.59 Å². The van der Waals surface area contributed by atoms with E-state index in [1.54, 1.807) is 13.8 Å². The molecule has 0 bridgehead atoms. The lowest BCUT2D eigenvalue weighted by molar-refractivity contribution is -0.117. The highest BCUT2D eigenvalue weighted by Gasteiger charge is 1.96. The molecule has 0 saturated heterocycles. The van der Waals surface area contributed by atoms with Crippen LogP contribution in [0, 0.1) is 0 Å². The fourth-order valence-corrected chi connectivity index (χ4v) is 2.97. The Kier molecular flexibility index (Phi) is 9.62. The zero-order valence-electron chi connectivity index (χ0n) is 8.88. The third kappa shape index (κ3) is 12.0. The van der Waals surface area contributed by atoms with E-state index in [0.717, 1.165) is 23.0 Å². The van der Waals surface area contributed by atoms with Crippen molar-refractivity contribution in [2.24, 2.45) is 0 Å². The first-order valence-electron chi connectivity index (χ1n) is 4.77. The second kappa shape index (κ2) is 9.59. The molecule has 14 heavy (non-hydrogen) atoms. The zero-order valence-corrected chi connectivity index (χ0v) is 10.5. The van der Waals surface area contributed by atoms with Crippen molar-refractivity contribution >= 4 is 35.1 Å². The summed E-state index contributed by atoms with van der Waals surface area (Å²) in [6, 6.07) is 0. The Balaban J connectivity index is 2.99. The van der Waals surface area contributed by atoms with Gasteiger partial charge in [0.25, 0.3) is 0 Å². The van der Waals surface area contributed by atoms with Crippen molar-refractivity contribution in [3.8, 4) is 0 Å². The molecule has 0 N–H and O–H groups in total. The Morgan fingerprint density at radius 2 is 1.14 bits per heavy atom. The molecule has 0 aromatic carbocycles. The molecule has 0 spiro atoms. The van der Waals surface area contributed by atoms with Gasteiger partial charge in [-0.2, -0.15) is 23.5 Å². The third-order valence-electron chi connectivity index (χ3n) is 1.57. The number of Topliss-reactive ketones (excluding diaryl/α,β-unsaturated/α-hetero) is 2. The molecule has 0 atom stereocenters. The molecule has 0 saturated carbocycles. The van der Waals surface area contributed by atoms with Crippen LogP contribution in [0.3, 0.4) is 0 Å². The predicted molar refractivity (Wildman–Crippen MR) is 65.2 cm³/mol. The Morgan fingerprint density at radius 3 is 1.43 bits per heavy atom. The monoisotopic (exact) mass is 234 g/mol. The van der Waals surface area contributed by atoms with Gasteiger partial charge in [0.15, 0.2) is 0 Å². The first-order valence-corrected chi connectivity index (χ1v) is 7.08. The van der Waals surface area contributed by atoms with E-state index in [1.165, 1.54) is 0 Å². The van der Waals surface area contributed by atoms with E-state index >= 15 is 0 Å². The Morgan fingerprint density at radius 1 is 0.786 bits per heavy atom. The minimum atomic E-state index is 0.265. The lowest BCUT2D eigenvalue weighted by Gasteiger charge is -1.99. The molecule has 2 nitrogen and oxygen atoms in total. The molecule has 0 aliphatic heterocycles. The molecule has 0 aromatic rings. The number of carbonyl (C=O) groups is 2.